The summed E-state index contributed by atoms with van der Waals surface area (Å²) >= 11 is 0. The van der Waals surface area contributed by atoms with Crippen molar-refractivity contribution < 1.29 is 13.5 Å². The van der Waals surface area contributed by atoms with Crippen LogP contribution >= 0.6 is 0 Å². The predicted molar refractivity (Wildman–Crippen MR) is 13.2 cm³/mol. The van der Waals surface area contributed by atoms with Crippen molar-refractivity contribution in [2.24, 2.45) is 0 Å². The van der Waals surface area contributed by atoms with Gasteiger partial charge in [-0.2, -0.15) is 0 Å². The van der Waals surface area contributed by atoms with E-state index < -0.39 is 13.3 Å². The Kier molecular flexibility index (Phi) is 1.50. The van der Waals surface area contributed by atoms with Crippen molar-refractivity contribution in [1.82, 2.24) is 0 Å². The van der Waals surface area contributed by atoms with Crippen LogP contribution in [0, 0.1) is 0 Å². The van der Waals surface area contributed by atoms with Crippen molar-refractivity contribution in [3.8, 4) is 0 Å². The molecule has 0 aromatic rings. The van der Waals surface area contributed by atoms with E-state index in [1.165, 1.54) is 0 Å². The van der Waals surface area contributed by atoms with Crippen molar-refractivity contribution in [3.05, 3.63) is 0 Å². The zero-order valence-corrected chi connectivity index (χ0v) is 5.29. The average Bonchev–Trinajstić information content (AvgIpc) is 1.65. The molecule has 0 heterocycles. The van der Waals surface area contributed by atoms with Crippen LogP contribution in [0.3, 0.4) is 0 Å². The zero-order chi connectivity index (χ0) is 4.99. The van der Waals surface area contributed by atoms with Crippen LogP contribution in [0.5, 0.6) is 0 Å². The van der Waals surface area contributed by atoms with Crippen LogP contribution in [-0.2, 0) is 0 Å². The van der Waals surface area contributed by atoms with E-state index in [1.54, 1.807) is 0 Å². The van der Waals surface area contributed by atoms with Crippen LogP contribution in [0.25, 0.3) is 0 Å². The summed E-state index contributed by atoms with van der Waals surface area (Å²) in [4.78, 5) is 0. The van der Waals surface area contributed by atoms with Crippen LogP contribution in [0.1, 0.15) is 0 Å². The predicted octanol–water partition coefficient (Wildman–Crippen LogP) is 1.02. The summed E-state index contributed by atoms with van der Waals surface area (Å²) in [6.07, 6.45) is 0. The number of halogens is 3. The van der Waals surface area contributed by atoms with Gasteiger partial charge in [-0.05, 0) is 0 Å². The van der Waals surface area contributed by atoms with E-state index in [4.69, 9.17) is 0 Å². The van der Waals surface area contributed by atoms with Crippen LogP contribution in [0.15, 0.2) is 0 Å². The molecule has 0 bridgehead atoms. The molecular formula is C2H2CfF3. The standard InChI is InChI=1S/C2H2F2.Cf.FH/c3-1-2-4;;/h1H2;;1H/q;+1;/p-1. The molecule has 0 saturated carbocycles. The Morgan fingerprint density at radius 3 is 2.17 bits per heavy atom. The van der Waals surface area contributed by atoms with Crippen LogP contribution in [-0.4, -0.2) is 13.3 Å². The Morgan fingerprint density at radius 1 is 1.67 bits per heavy atom. The summed E-state index contributed by atoms with van der Waals surface area (Å²) in [7, 11) is 0. The summed E-state index contributed by atoms with van der Waals surface area (Å²) < 4.78 is 30.4. The minimum absolute atomic E-state index is 1.09. The van der Waals surface area contributed by atoms with Gasteiger partial charge in [-0.25, -0.2) is 0 Å². The second-order valence-corrected chi connectivity index (χ2v) is 2.42. The molecule has 41 valence electrons. The SMILES string of the molecule is FC/[C](F)=[Cf]\[F]. The molecule has 0 aliphatic rings. The first-order valence-electron chi connectivity index (χ1n) is 1.09. The third kappa shape index (κ3) is 1.04. The molecule has 0 aliphatic carbocycles. The van der Waals surface area contributed by atoms with Gasteiger partial charge in [0.25, 0.3) is 0 Å². The van der Waals surface area contributed by atoms with Crippen LogP contribution in [0.4, 0.5) is 13.5 Å². The van der Waals surface area contributed by atoms with E-state index in [9.17, 15) is 13.5 Å². The fraction of sp³-hybridized carbons (Fsp3) is 0.500. The number of rotatable bonds is 1. The molecule has 0 amide bonds. The topological polar surface area (TPSA) is 0 Å². The van der Waals surface area contributed by atoms with Gasteiger partial charge in [0.15, 0.2) is 0 Å². The fourth-order valence-corrected chi connectivity index (χ4v) is 0.149. The summed E-state index contributed by atoms with van der Waals surface area (Å²) in [5.74, 6) is 0. The van der Waals surface area contributed by atoms with Crippen LogP contribution in [0.2, 0.25) is 0 Å². The third-order valence-electron chi connectivity index (χ3n) is 0.158. The maximum absolute atomic E-state index is 11.1. The first kappa shape index (κ1) is 4.66. The van der Waals surface area contributed by atoms with Crippen molar-refractivity contribution in [2.75, 3.05) is 6.67 Å². The Bertz CT molecular complexity index is 59.8. The molecule has 0 unspecified atom stereocenters. The maximum atomic E-state index is 11.1. The molecule has 0 aromatic heterocycles. The van der Waals surface area contributed by atoms with Gasteiger partial charge in [0.2, 0.25) is 0 Å². The third-order valence-corrected chi connectivity index (χ3v) is 1.05. The summed E-state index contributed by atoms with van der Waals surface area (Å²) in [5.41, 5.74) is 0. The van der Waals surface area contributed by atoms with E-state index >= 15 is 0 Å². The average molecular weight is 334 g/mol. The molecule has 6 heavy (non-hydrogen) atoms. The second kappa shape index (κ2) is 1.93. The monoisotopic (exact) mass is 332 g/mol. The van der Waals surface area contributed by atoms with Gasteiger partial charge in [-0.3, -0.25) is 0 Å². The quantitative estimate of drug-likeness (QED) is 0.672. The van der Waals surface area contributed by atoms with Crippen molar-refractivity contribution >= 4 is 6.67 Å². The van der Waals surface area contributed by atoms with Gasteiger partial charge in [-0.15, -0.1) is 0 Å². The molecule has 0 radical (unpaired) electrons. The molecule has 0 aliphatic heterocycles. The fourth-order valence-electron chi connectivity index (χ4n) is 0.0160. The van der Waals surface area contributed by atoms with Crippen molar-refractivity contribution in [3.63, 3.8) is 0 Å². The van der Waals surface area contributed by atoms with E-state index in [2.05, 4.69) is 0 Å². The van der Waals surface area contributed by atoms with E-state index in [-0.39, 0.29) is 0 Å². The summed E-state index contributed by atoms with van der Waals surface area (Å²) in [6.45, 7) is -2.32. The van der Waals surface area contributed by atoms with Crippen molar-refractivity contribution in [2.45, 2.75) is 0 Å². The zero-order valence-electron chi connectivity index (χ0n) is 2.66. The second-order valence-electron chi connectivity index (χ2n) is 0.499. The van der Waals surface area contributed by atoms with E-state index in [0.717, 1.165) is 0 Å². The summed E-state index contributed by atoms with van der Waals surface area (Å²) in [6, 6.07) is 0. The Morgan fingerprint density at radius 2 is 2.17 bits per heavy atom. The molecule has 4 heteroatoms. The van der Waals surface area contributed by atoms with Gasteiger partial charge in [0.1, 0.15) is 0 Å². The van der Waals surface area contributed by atoms with Crippen LogP contribution < -0.4 is 0 Å². The van der Waals surface area contributed by atoms with Gasteiger partial charge >= 0.3 is 26.8 Å². The molecule has 0 rings (SSSR count). The Labute approximate surface area is 28.2 Å². The Balaban J connectivity index is 3.22. The number of hydrogen-bond acceptors (Lipinski definition) is 0. The Hall–Kier alpha value is -1.34. The van der Waals surface area contributed by atoms with Gasteiger partial charge < -0.3 is 0 Å². The first-order valence-corrected chi connectivity index (χ1v) is 3.40. The number of hydrogen-bond donors (Lipinski definition) is 0. The van der Waals surface area contributed by atoms with Gasteiger partial charge in [0.05, 0.1) is 0 Å². The normalized spacial score (nSPS) is 10.8. The van der Waals surface area contributed by atoms with E-state index in [1.807, 2.05) is 0 Å². The van der Waals surface area contributed by atoms with E-state index in [0.29, 0.717) is 0 Å². The molecule has 0 spiro atoms. The minimum atomic E-state index is -2.35. The molecule has 0 aromatic carbocycles. The molecule has 0 fully saturated rings. The first-order chi connectivity index (χ1) is 2.81. The van der Waals surface area contributed by atoms with Gasteiger partial charge in [-0.1, -0.05) is 0 Å². The molecular weight excluding hydrogens is 332 g/mol. The summed E-state index contributed by atoms with van der Waals surface area (Å²) in [5, 5.41) is 0. The van der Waals surface area contributed by atoms with Crippen molar-refractivity contribution in [1.29, 1.82) is 0 Å². The molecule has 0 N–H and O–H groups in total. The molecule has 0 atom stereocenters. The van der Waals surface area contributed by atoms with Gasteiger partial charge in [0, 0.05) is 0 Å². The molecule has 0 saturated heterocycles. The number of alkyl halides is 1. The molecule has 0 nitrogen and oxygen atoms in total.